The third-order valence-corrected chi connectivity index (χ3v) is 3.70. The number of carbonyl (C=O) groups is 2. The predicted octanol–water partition coefficient (Wildman–Crippen LogP) is 4.41. The molecule has 0 aliphatic rings. The zero-order chi connectivity index (χ0) is 17.0. The van der Waals surface area contributed by atoms with Crippen molar-refractivity contribution in [3.63, 3.8) is 0 Å². The molecule has 6 heteroatoms. The number of hydrogen-bond donors (Lipinski definition) is 1. The molecule has 0 spiro atoms. The summed E-state index contributed by atoms with van der Waals surface area (Å²) in [4.78, 5) is 23.8. The van der Waals surface area contributed by atoms with Crippen molar-refractivity contribution < 1.29 is 14.3 Å². The molecule has 2 rings (SSSR count). The van der Waals surface area contributed by atoms with Crippen LogP contribution >= 0.6 is 23.2 Å². The van der Waals surface area contributed by atoms with Crippen LogP contribution in [0.5, 0.6) is 0 Å². The first kappa shape index (κ1) is 17.3. The molecule has 0 saturated carbocycles. The van der Waals surface area contributed by atoms with E-state index in [0.717, 1.165) is 11.1 Å². The van der Waals surface area contributed by atoms with Crippen molar-refractivity contribution in [2.75, 3.05) is 11.9 Å². The summed E-state index contributed by atoms with van der Waals surface area (Å²) in [5.41, 5.74) is 2.80. The van der Waals surface area contributed by atoms with Gasteiger partial charge in [0.2, 0.25) is 0 Å². The minimum Gasteiger partial charge on any atom is -0.452 e. The molecule has 1 amide bonds. The fourth-order valence-corrected chi connectivity index (χ4v) is 2.41. The van der Waals surface area contributed by atoms with E-state index < -0.39 is 18.5 Å². The monoisotopic (exact) mass is 351 g/mol. The van der Waals surface area contributed by atoms with Crippen molar-refractivity contribution in [1.29, 1.82) is 0 Å². The number of carbonyl (C=O) groups excluding carboxylic acids is 2. The summed E-state index contributed by atoms with van der Waals surface area (Å²) in [6, 6.07) is 10.1. The predicted molar refractivity (Wildman–Crippen MR) is 91.3 cm³/mol. The number of nitrogens with one attached hydrogen (secondary N) is 1. The van der Waals surface area contributed by atoms with Crippen LogP contribution in [0.3, 0.4) is 0 Å². The van der Waals surface area contributed by atoms with Crippen LogP contribution in [-0.2, 0) is 9.53 Å². The lowest BCUT2D eigenvalue weighted by molar-refractivity contribution is -0.119. The molecule has 0 fully saturated rings. The van der Waals surface area contributed by atoms with Gasteiger partial charge in [0.25, 0.3) is 5.91 Å². The molecule has 0 aliphatic carbocycles. The second kappa shape index (κ2) is 7.49. The van der Waals surface area contributed by atoms with Crippen LogP contribution in [-0.4, -0.2) is 18.5 Å². The quantitative estimate of drug-likeness (QED) is 0.830. The number of ether oxygens (including phenoxy) is 1. The first-order valence-electron chi connectivity index (χ1n) is 6.86. The van der Waals surface area contributed by atoms with E-state index in [1.807, 2.05) is 32.0 Å². The van der Waals surface area contributed by atoms with Crippen LogP contribution in [0.1, 0.15) is 21.5 Å². The molecule has 0 atom stereocenters. The molecule has 0 unspecified atom stereocenters. The van der Waals surface area contributed by atoms with Gasteiger partial charge in [-0.1, -0.05) is 35.3 Å². The van der Waals surface area contributed by atoms with Crippen molar-refractivity contribution in [2.45, 2.75) is 13.8 Å². The van der Waals surface area contributed by atoms with E-state index in [2.05, 4.69) is 5.32 Å². The normalized spacial score (nSPS) is 10.3. The van der Waals surface area contributed by atoms with Crippen molar-refractivity contribution in [1.82, 2.24) is 0 Å². The number of anilines is 1. The molecule has 0 radical (unpaired) electrons. The summed E-state index contributed by atoms with van der Waals surface area (Å²) in [7, 11) is 0. The molecule has 0 aliphatic heterocycles. The fraction of sp³-hybridized carbons (Fsp3) is 0.176. The van der Waals surface area contributed by atoms with E-state index >= 15 is 0 Å². The maximum atomic E-state index is 11.9. The van der Waals surface area contributed by atoms with E-state index in [4.69, 9.17) is 27.9 Å². The molecule has 1 N–H and O–H groups in total. The average molecular weight is 352 g/mol. The Balaban J connectivity index is 1.96. The van der Waals surface area contributed by atoms with Gasteiger partial charge >= 0.3 is 5.97 Å². The fourth-order valence-electron chi connectivity index (χ4n) is 1.92. The van der Waals surface area contributed by atoms with Crippen LogP contribution in [0.4, 0.5) is 5.69 Å². The standard InChI is InChI=1S/C17H15Cl2NO3/c1-10-3-4-11(2)15(7-10)20-16(21)9-23-17(22)13-6-5-12(18)8-14(13)19/h3-8H,9H2,1-2H3,(H,20,21). The van der Waals surface area contributed by atoms with Crippen LogP contribution in [0, 0.1) is 13.8 Å². The maximum Gasteiger partial charge on any atom is 0.340 e. The molecule has 0 heterocycles. The van der Waals surface area contributed by atoms with Gasteiger partial charge in [-0.2, -0.15) is 0 Å². The third-order valence-electron chi connectivity index (χ3n) is 3.15. The van der Waals surface area contributed by atoms with E-state index in [-0.39, 0.29) is 10.6 Å². The lowest BCUT2D eigenvalue weighted by atomic mass is 10.1. The number of benzene rings is 2. The summed E-state index contributed by atoms with van der Waals surface area (Å²) in [5.74, 6) is -1.10. The molecule has 0 saturated heterocycles. The van der Waals surface area contributed by atoms with Crippen LogP contribution in [0.2, 0.25) is 10.0 Å². The number of hydrogen-bond acceptors (Lipinski definition) is 3. The number of aryl methyl sites for hydroxylation is 2. The van der Waals surface area contributed by atoms with Gasteiger partial charge in [0.05, 0.1) is 10.6 Å². The molecule has 0 aromatic heterocycles. The summed E-state index contributed by atoms with van der Waals surface area (Å²) in [6.07, 6.45) is 0. The Kier molecular flexibility index (Phi) is 5.64. The number of rotatable bonds is 4. The topological polar surface area (TPSA) is 55.4 Å². The lowest BCUT2D eigenvalue weighted by Gasteiger charge is -2.10. The van der Waals surface area contributed by atoms with E-state index in [0.29, 0.717) is 10.7 Å². The highest BCUT2D eigenvalue weighted by Gasteiger charge is 2.14. The SMILES string of the molecule is Cc1ccc(C)c(NC(=O)COC(=O)c2ccc(Cl)cc2Cl)c1. The Morgan fingerprint density at radius 3 is 2.52 bits per heavy atom. The minimum atomic E-state index is -0.678. The lowest BCUT2D eigenvalue weighted by Crippen LogP contribution is -2.21. The second-order valence-corrected chi connectivity index (χ2v) is 5.91. The second-order valence-electron chi connectivity index (χ2n) is 5.07. The summed E-state index contributed by atoms with van der Waals surface area (Å²) < 4.78 is 4.97. The Labute approximate surface area is 144 Å². The van der Waals surface area contributed by atoms with E-state index in [1.165, 1.54) is 18.2 Å². The minimum absolute atomic E-state index is 0.163. The van der Waals surface area contributed by atoms with Crippen LogP contribution in [0.15, 0.2) is 36.4 Å². The Hall–Kier alpha value is -2.04. The van der Waals surface area contributed by atoms with Crippen molar-refractivity contribution >= 4 is 40.8 Å². The van der Waals surface area contributed by atoms with Crippen molar-refractivity contribution in [2.24, 2.45) is 0 Å². The molecular formula is C17H15Cl2NO3. The third kappa shape index (κ3) is 4.71. The molecular weight excluding hydrogens is 337 g/mol. The van der Waals surface area contributed by atoms with Gasteiger partial charge < -0.3 is 10.1 Å². The average Bonchev–Trinajstić information content (AvgIpc) is 2.48. The summed E-state index contributed by atoms with van der Waals surface area (Å²) in [6.45, 7) is 3.41. The smallest absolute Gasteiger partial charge is 0.340 e. The number of amides is 1. The van der Waals surface area contributed by atoms with Gasteiger partial charge in [-0.25, -0.2) is 4.79 Å². The van der Waals surface area contributed by atoms with Crippen LogP contribution in [0.25, 0.3) is 0 Å². The molecule has 2 aromatic rings. The van der Waals surface area contributed by atoms with Gasteiger partial charge in [0.15, 0.2) is 6.61 Å². The number of esters is 1. The zero-order valence-electron chi connectivity index (χ0n) is 12.7. The maximum absolute atomic E-state index is 11.9. The first-order valence-corrected chi connectivity index (χ1v) is 7.61. The highest BCUT2D eigenvalue weighted by atomic mass is 35.5. The van der Waals surface area contributed by atoms with Crippen molar-refractivity contribution in [3.05, 3.63) is 63.1 Å². The van der Waals surface area contributed by atoms with Crippen LogP contribution < -0.4 is 5.32 Å². The van der Waals surface area contributed by atoms with Gasteiger partial charge in [0, 0.05) is 10.7 Å². The zero-order valence-corrected chi connectivity index (χ0v) is 14.2. The van der Waals surface area contributed by atoms with E-state index in [1.54, 1.807) is 0 Å². The van der Waals surface area contributed by atoms with Crippen molar-refractivity contribution in [3.8, 4) is 0 Å². The van der Waals surface area contributed by atoms with Gasteiger partial charge in [-0.15, -0.1) is 0 Å². The molecule has 120 valence electrons. The highest BCUT2D eigenvalue weighted by Crippen LogP contribution is 2.21. The Morgan fingerprint density at radius 1 is 1.09 bits per heavy atom. The first-order chi connectivity index (χ1) is 10.9. The molecule has 0 bridgehead atoms. The summed E-state index contributed by atoms with van der Waals surface area (Å²) >= 11 is 11.7. The molecule has 2 aromatic carbocycles. The highest BCUT2D eigenvalue weighted by molar-refractivity contribution is 6.36. The largest absolute Gasteiger partial charge is 0.452 e. The molecule has 4 nitrogen and oxygen atoms in total. The summed E-state index contributed by atoms with van der Waals surface area (Å²) in [5, 5.41) is 3.31. The van der Waals surface area contributed by atoms with Gasteiger partial charge in [0.1, 0.15) is 0 Å². The van der Waals surface area contributed by atoms with E-state index in [9.17, 15) is 9.59 Å². The molecule has 23 heavy (non-hydrogen) atoms. The Bertz CT molecular complexity index is 759. The van der Waals surface area contributed by atoms with Gasteiger partial charge in [-0.05, 0) is 49.2 Å². The number of halogens is 2. The Morgan fingerprint density at radius 2 is 1.83 bits per heavy atom. The van der Waals surface area contributed by atoms with Gasteiger partial charge in [-0.3, -0.25) is 4.79 Å².